The molecule has 0 fully saturated rings. The van der Waals surface area contributed by atoms with Gasteiger partial charge in [-0.2, -0.15) is 0 Å². The van der Waals surface area contributed by atoms with E-state index in [1.54, 1.807) is 12.3 Å². The van der Waals surface area contributed by atoms with E-state index in [4.69, 9.17) is 4.42 Å². The first-order valence-electron chi connectivity index (χ1n) is 9.07. The molecule has 0 radical (unpaired) electrons. The summed E-state index contributed by atoms with van der Waals surface area (Å²) >= 11 is 2.69. The predicted octanol–water partition coefficient (Wildman–Crippen LogP) is 4.52. The Bertz CT molecular complexity index is 1200. The van der Waals surface area contributed by atoms with Crippen molar-refractivity contribution >= 4 is 39.2 Å². The molecule has 0 saturated heterocycles. The van der Waals surface area contributed by atoms with Crippen molar-refractivity contribution in [3.05, 3.63) is 69.7 Å². The highest BCUT2D eigenvalue weighted by atomic mass is 32.2. The van der Waals surface area contributed by atoms with Crippen molar-refractivity contribution < 1.29 is 9.21 Å². The van der Waals surface area contributed by atoms with Gasteiger partial charge in [-0.3, -0.25) is 9.59 Å². The number of benzene rings is 1. The van der Waals surface area contributed by atoms with Crippen molar-refractivity contribution in [2.45, 2.75) is 25.0 Å². The maximum atomic E-state index is 12.8. The Morgan fingerprint density at radius 2 is 2.07 bits per heavy atom. The third-order valence-electron chi connectivity index (χ3n) is 4.47. The number of hydrogen-bond donors (Lipinski definition) is 2. The number of fused-ring (bicyclic) bond motifs is 1. The lowest BCUT2D eigenvalue weighted by Gasteiger charge is -2.10. The highest BCUT2D eigenvalue weighted by Gasteiger charge is 2.17. The third-order valence-corrected chi connectivity index (χ3v) is 6.34. The van der Waals surface area contributed by atoms with Gasteiger partial charge in [0.1, 0.15) is 10.6 Å². The number of thiophene rings is 1. The zero-order chi connectivity index (χ0) is 20.4. The molecule has 0 spiro atoms. The van der Waals surface area contributed by atoms with Gasteiger partial charge in [0.15, 0.2) is 5.16 Å². The Hall–Kier alpha value is -2.84. The van der Waals surface area contributed by atoms with Crippen LogP contribution in [0.2, 0.25) is 0 Å². The van der Waals surface area contributed by atoms with Crippen molar-refractivity contribution in [2.75, 3.05) is 5.75 Å². The van der Waals surface area contributed by atoms with Crippen LogP contribution in [0, 0.1) is 6.92 Å². The molecule has 0 bridgehead atoms. The van der Waals surface area contributed by atoms with Crippen LogP contribution in [0.25, 0.3) is 21.3 Å². The molecule has 3 heterocycles. The number of H-pyrrole nitrogens is 1. The maximum Gasteiger partial charge on any atom is 0.260 e. The minimum atomic E-state index is -0.221. The number of aryl methyl sites for hydroxylation is 1. The van der Waals surface area contributed by atoms with Gasteiger partial charge in [0.2, 0.25) is 5.91 Å². The first-order chi connectivity index (χ1) is 14.0. The van der Waals surface area contributed by atoms with Crippen LogP contribution >= 0.6 is 23.1 Å². The average Bonchev–Trinajstić information content (AvgIpc) is 3.35. The molecular formula is C21H19N3O3S2. The molecule has 148 valence electrons. The Labute approximate surface area is 175 Å². The smallest absolute Gasteiger partial charge is 0.260 e. The molecule has 4 aromatic rings. The molecule has 0 unspecified atom stereocenters. The normalized spacial score (nSPS) is 12.2. The van der Waals surface area contributed by atoms with Gasteiger partial charge in [-0.15, -0.1) is 11.3 Å². The van der Waals surface area contributed by atoms with E-state index in [2.05, 4.69) is 15.3 Å². The van der Waals surface area contributed by atoms with Crippen LogP contribution in [0.15, 0.2) is 63.1 Å². The second-order valence-electron chi connectivity index (χ2n) is 6.54. The second kappa shape index (κ2) is 8.26. The number of nitrogens with zero attached hydrogens (tertiary/aromatic N) is 1. The van der Waals surface area contributed by atoms with Crippen LogP contribution in [0.5, 0.6) is 0 Å². The monoisotopic (exact) mass is 425 g/mol. The van der Waals surface area contributed by atoms with E-state index >= 15 is 0 Å². The lowest BCUT2D eigenvalue weighted by molar-refractivity contribution is -0.119. The minimum Gasteiger partial charge on any atom is -0.467 e. The fourth-order valence-electron chi connectivity index (χ4n) is 3.15. The molecule has 29 heavy (non-hydrogen) atoms. The summed E-state index contributed by atoms with van der Waals surface area (Å²) in [7, 11) is 0. The van der Waals surface area contributed by atoms with Gasteiger partial charge in [-0.25, -0.2) is 4.98 Å². The summed E-state index contributed by atoms with van der Waals surface area (Å²) in [6.45, 7) is 3.84. The van der Waals surface area contributed by atoms with E-state index in [0.717, 1.165) is 16.0 Å². The molecule has 8 heteroatoms. The average molecular weight is 426 g/mol. The van der Waals surface area contributed by atoms with E-state index in [1.165, 1.54) is 23.1 Å². The first-order valence-corrected chi connectivity index (χ1v) is 10.9. The highest BCUT2D eigenvalue weighted by molar-refractivity contribution is 7.99. The van der Waals surface area contributed by atoms with Gasteiger partial charge in [-0.05, 0) is 31.5 Å². The van der Waals surface area contributed by atoms with Crippen molar-refractivity contribution in [3.8, 4) is 11.1 Å². The number of hydrogen-bond acceptors (Lipinski definition) is 6. The zero-order valence-electron chi connectivity index (χ0n) is 15.9. The van der Waals surface area contributed by atoms with Gasteiger partial charge in [-0.1, -0.05) is 42.1 Å². The molecule has 1 aromatic carbocycles. The number of carbonyl (C=O) groups is 1. The predicted molar refractivity (Wildman–Crippen MR) is 116 cm³/mol. The quantitative estimate of drug-likeness (QED) is 0.350. The number of aromatic nitrogens is 2. The van der Waals surface area contributed by atoms with Gasteiger partial charge in [0.25, 0.3) is 5.56 Å². The fraction of sp³-hybridized carbons (Fsp3) is 0.190. The summed E-state index contributed by atoms with van der Waals surface area (Å²) in [5.41, 5.74) is 1.72. The largest absolute Gasteiger partial charge is 0.467 e. The standard InChI is InChI=1S/C21H19N3O3S2/c1-12(15-9-6-10-27-15)22-16(25)11-28-21-23-19(26)18-17(13(2)29-20(18)24-21)14-7-4-3-5-8-14/h3-10,12H,11H2,1-2H3,(H,22,25)(H,23,24,26)/t12-/m1/s1. The topological polar surface area (TPSA) is 88.0 Å². The number of amides is 1. The molecule has 4 rings (SSSR count). The maximum absolute atomic E-state index is 12.8. The molecule has 1 atom stereocenters. The second-order valence-corrected chi connectivity index (χ2v) is 8.71. The van der Waals surface area contributed by atoms with Crippen molar-refractivity contribution in [2.24, 2.45) is 0 Å². The SMILES string of the molecule is Cc1sc2nc(SCC(=O)N[C@H](C)c3ccco3)[nH]c(=O)c2c1-c1ccccc1. The van der Waals surface area contributed by atoms with E-state index in [-0.39, 0.29) is 23.3 Å². The van der Waals surface area contributed by atoms with Crippen LogP contribution in [-0.2, 0) is 4.79 Å². The molecular weight excluding hydrogens is 406 g/mol. The van der Waals surface area contributed by atoms with Crippen LogP contribution in [0.4, 0.5) is 0 Å². The van der Waals surface area contributed by atoms with Crippen LogP contribution in [-0.4, -0.2) is 21.6 Å². The van der Waals surface area contributed by atoms with Crippen molar-refractivity contribution in [1.29, 1.82) is 0 Å². The van der Waals surface area contributed by atoms with Gasteiger partial charge in [0.05, 0.1) is 23.4 Å². The van der Waals surface area contributed by atoms with Crippen LogP contribution in [0.3, 0.4) is 0 Å². The third kappa shape index (κ3) is 4.13. The number of furan rings is 1. The Kier molecular flexibility index (Phi) is 5.55. The van der Waals surface area contributed by atoms with Crippen molar-refractivity contribution in [3.63, 3.8) is 0 Å². The molecule has 0 aliphatic rings. The van der Waals surface area contributed by atoms with Crippen LogP contribution in [0.1, 0.15) is 23.6 Å². The summed E-state index contributed by atoms with van der Waals surface area (Å²) < 4.78 is 5.29. The number of thioether (sulfide) groups is 1. The lowest BCUT2D eigenvalue weighted by Crippen LogP contribution is -2.28. The van der Waals surface area contributed by atoms with Gasteiger partial charge in [0, 0.05) is 10.4 Å². The lowest BCUT2D eigenvalue weighted by atomic mass is 10.0. The molecule has 0 aliphatic carbocycles. The Morgan fingerprint density at radius 3 is 2.79 bits per heavy atom. The van der Waals surface area contributed by atoms with E-state index in [9.17, 15) is 9.59 Å². The van der Waals surface area contributed by atoms with Gasteiger partial charge >= 0.3 is 0 Å². The zero-order valence-corrected chi connectivity index (χ0v) is 17.5. The summed E-state index contributed by atoms with van der Waals surface area (Å²) in [5.74, 6) is 0.683. The molecule has 2 N–H and O–H groups in total. The summed E-state index contributed by atoms with van der Waals surface area (Å²) in [6.07, 6.45) is 1.57. The fourth-order valence-corrected chi connectivity index (χ4v) is 4.92. The number of carbonyl (C=O) groups excluding carboxylic acids is 1. The van der Waals surface area contributed by atoms with Crippen LogP contribution < -0.4 is 10.9 Å². The molecule has 6 nitrogen and oxygen atoms in total. The molecule has 1 amide bonds. The number of rotatable bonds is 6. The minimum absolute atomic E-state index is 0.148. The summed E-state index contributed by atoms with van der Waals surface area (Å²) in [4.78, 5) is 34.1. The summed E-state index contributed by atoms with van der Waals surface area (Å²) in [6, 6.07) is 13.2. The Balaban J connectivity index is 1.52. The van der Waals surface area contributed by atoms with E-state index < -0.39 is 0 Å². The molecule has 3 aromatic heterocycles. The number of aromatic amines is 1. The molecule has 0 saturated carbocycles. The molecule has 0 aliphatic heterocycles. The first kappa shape index (κ1) is 19.5. The number of nitrogens with one attached hydrogen (secondary N) is 2. The van der Waals surface area contributed by atoms with Gasteiger partial charge < -0.3 is 14.7 Å². The van der Waals surface area contributed by atoms with Crippen molar-refractivity contribution in [1.82, 2.24) is 15.3 Å². The highest BCUT2D eigenvalue weighted by Crippen LogP contribution is 2.35. The summed E-state index contributed by atoms with van der Waals surface area (Å²) in [5, 5.41) is 3.90. The van der Waals surface area contributed by atoms with E-state index in [1.807, 2.05) is 50.2 Å². The van der Waals surface area contributed by atoms with E-state index in [0.29, 0.717) is 21.1 Å². The Morgan fingerprint density at radius 1 is 1.28 bits per heavy atom.